The van der Waals surface area contributed by atoms with Gasteiger partial charge in [0.1, 0.15) is 0 Å². The molecule has 0 aromatic rings. The summed E-state index contributed by atoms with van der Waals surface area (Å²) in [5.41, 5.74) is 5.41. The van der Waals surface area contributed by atoms with E-state index in [9.17, 15) is 0 Å². The topological polar surface area (TPSA) is 29.3 Å². The van der Waals surface area contributed by atoms with Gasteiger partial charge in [0.15, 0.2) is 0 Å². The Morgan fingerprint density at radius 3 is 2.27 bits per heavy atom. The molecule has 0 aromatic heterocycles. The molecule has 11 heavy (non-hydrogen) atoms. The number of hydrogen-bond donors (Lipinski definition) is 1. The number of rotatable bonds is 2. The molecule has 1 aliphatic rings. The van der Waals surface area contributed by atoms with Crippen LogP contribution in [-0.2, 0) is 0 Å². The van der Waals surface area contributed by atoms with Crippen molar-refractivity contribution < 1.29 is 0 Å². The molecule has 0 radical (unpaired) electrons. The molecular formula is C8H20N2S. The lowest BCUT2D eigenvalue weighted by Crippen LogP contribution is -2.36. The molecule has 1 heterocycles. The van der Waals surface area contributed by atoms with Crippen molar-refractivity contribution in [3.05, 3.63) is 0 Å². The summed E-state index contributed by atoms with van der Waals surface area (Å²) in [7, 11) is 0. The first-order chi connectivity index (χ1) is 5.43. The molecule has 0 amide bonds. The van der Waals surface area contributed by atoms with Crippen molar-refractivity contribution in [2.75, 3.05) is 37.7 Å². The average molecular weight is 176 g/mol. The van der Waals surface area contributed by atoms with Gasteiger partial charge in [-0.1, -0.05) is 13.8 Å². The van der Waals surface area contributed by atoms with Crippen LogP contribution in [0.1, 0.15) is 13.8 Å². The Balaban J connectivity index is 0.000000461. The van der Waals surface area contributed by atoms with Gasteiger partial charge in [-0.2, -0.15) is 11.8 Å². The summed E-state index contributed by atoms with van der Waals surface area (Å²) in [4.78, 5) is 2.43. The van der Waals surface area contributed by atoms with Gasteiger partial charge in [-0.3, -0.25) is 0 Å². The van der Waals surface area contributed by atoms with E-state index in [-0.39, 0.29) is 0 Å². The maximum absolute atomic E-state index is 5.41. The molecule has 0 bridgehead atoms. The van der Waals surface area contributed by atoms with E-state index < -0.39 is 0 Å². The average Bonchev–Trinajstić information content (AvgIpc) is 2.11. The second-order valence-corrected chi connectivity index (χ2v) is 3.47. The van der Waals surface area contributed by atoms with Gasteiger partial charge >= 0.3 is 0 Å². The van der Waals surface area contributed by atoms with Gasteiger partial charge in [0, 0.05) is 37.7 Å². The van der Waals surface area contributed by atoms with E-state index in [1.54, 1.807) is 0 Å². The standard InChI is InChI=1S/C6H14N2S.C2H6/c7-1-2-8-3-5-9-6-4-8;1-2/h1-7H2;1-2H3. The van der Waals surface area contributed by atoms with Gasteiger partial charge in [-0.05, 0) is 0 Å². The van der Waals surface area contributed by atoms with Crippen molar-refractivity contribution >= 4 is 11.8 Å². The summed E-state index contributed by atoms with van der Waals surface area (Å²) in [5, 5.41) is 0. The predicted molar refractivity (Wildman–Crippen MR) is 54.2 cm³/mol. The summed E-state index contributed by atoms with van der Waals surface area (Å²) < 4.78 is 0. The second kappa shape index (κ2) is 8.37. The van der Waals surface area contributed by atoms with Crippen molar-refractivity contribution in [1.29, 1.82) is 0 Å². The molecular weight excluding hydrogens is 156 g/mol. The molecule has 68 valence electrons. The minimum Gasteiger partial charge on any atom is -0.329 e. The van der Waals surface area contributed by atoms with E-state index >= 15 is 0 Å². The zero-order chi connectivity index (χ0) is 8.53. The lowest BCUT2D eigenvalue weighted by molar-refractivity contribution is 0.311. The fourth-order valence-corrected chi connectivity index (χ4v) is 1.99. The third-order valence-corrected chi connectivity index (χ3v) is 2.49. The Hall–Kier alpha value is 0.270. The summed E-state index contributed by atoms with van der Waals surface area (Å²) in [6, 6.07) is 0. The smallest absolute Gasteiger partial charge is 0.0105 e. The van der Waals surface area contributed by atoms with E-state index in [1.807, 2.05) is 25.6 Å². The Morgan fingerprint density at radius 1 is 1.27 bits per heavy atom. The van der Waals surface area contributed by atoms with E-state index in [4.69, 9.17) is 5.73 Å². The molecule has 0 atom stereocenters. The molecule has 2 N–H and O–H groups in total. The lowest BCUT2D eigenvalue weighted by atomic mass is 10.5. The quantitative estimate of drug-likeness (QED) is 0.681. The van der Waals surface area contributed by atoms with Crippen LogP contribution in [0.15, 0.2) is 0 Å². The molecule has 1 rings (SSSR count). The maximum atomic E-state index is 5.41. The van der Waals surface area contributed by atoms with Crippen LogP contribution in [0.3, 0.4) is 0 Å². The van der Waals surface area contributed by atoms with Gasteiger partial charge in [-0.25, -0.2) is 0 Å². The highest BCUT2D eigenvalue weighted by Gasteiger charge is 2.07. The monoisotopic (exact) mass is 176 g/mol. The van der Waals surface area contributed by atoms with Crippen molar-refractivity contribution in [2.24, 2.45) is 5.73 Å². The fraction of sp³-hybridized carbons (Fsp3) is 1.00. The molecule has 0 aromatic carbocycles. The van der Waals surface area contributed by atoms with Gasteiger partial charge < -0.3 is 10.6 Å². The Labute approximate surface area is 74.5 Å². The second-order valence-electron chi connectivity index (χ2n) is 2.24. The van der Waals surface area contributed by atoms with Gasteiger partial charge in [0.2, 0.25) is 0 Å². The Kier molecular flexibility index (Phi) is 8.57. The predicted octanol–water partition coefficient (Wildman–Crippen LogP) is 1.02. The molecule has 0 unspecified atom stereocenters. The summed E-state index contributed by atoms with van der Waals surface area (Å²) in [6.45, 7) is 8.37. The maximum Gasteiger partial charge on any atom is 0.0105 e. The lowest BCUT2D eigenvalue weighted by Gasteiger charge is -2.25. The van der Waals surface area contributed by atoms with Crippen LogP contribution in [-0.4, -0.2) is 42.6 Å². The largest absolute Gasteiger partial charge is 0.329 e. The first-order valence-electron chi connectivity index (χ1n) is 4.43. The van der Waals surface area contributed by atoms with Crippen LogP contribution in [0, 0.1) is 0 Å². The molecule has 2 nitrogen and oxygen atoms in total. The highest BCUT2D eigenvalue weighted by molar-refractivity contribution is 7.99. The van der Waals surface area contributed by atoms with Crippen molar-refractivity contribution in [3.8, 4) is 0 Å². The van der Waals surface area contributed by atoms with Crippen LogP contribution in [0.5, 0.6) is 0 Å². The number of thioether (sulfide) groups is 1. The van der Waals surface area contributed by atoms with E-state index in [0.29, 0.717) is 0 Å². The molecule has 3 heteroatoms. The first kappa shape index (κ1) is 11.3. The van der Waals surface area contributed by atoms with Crippen molar-refractivity contribution in [1.82, 2.24) is 4.90 Å². The zero-order valence-corrected chi connectivity index (χ0v) is 8.49. The number of hydrogen-bond acceptors (Lipinski definition) is 3. The molecule has 1 aliphatic heterocycles. The van der Waals surface area contributed by atoms with E-state index in [2.05, 4.69) is 4.90 Å². The summed E-state index contributed by atoms with van der Waals surface area (Å²) >= 11 is 2.04. The SMILES string of the molecule is CC.NCCN1CCSCC1. The van der Waals surface area contributed by atoms with Crippen LogP contribution >= 0.6 is 11.8 Å². The van der Waals surface area contributed by atoms with Gasteiger partial charge in [0.05, 0.1) is 0 Å². The number of nitrogens with two attached hydrogens (primary N) is 1. The van der Waals surface area contributed by atoms with Crippen molar-refractivity contribution in [2.45, 2.75) is 13.8 Å². The summed E-state index contributed by atoms with van der Waals surface area (Å²) in [6.07, 6.45) is 0. The van der Waals surface area contributed by atoms with E-state index in [1.165, 1.54) is 24.6 Å². The molecule has 0 aliphatic carbocycles. The Bertz CT molecular complexity index is 69.7. The highest BCUT2D eigenvalue weighted by Crippen LogP contribution is 2.07. The zero-order valence-electron chi connectivity index (χ0n) is 7.68. The highest BCUT2D eigenvalue weighted by atomic mass is 32.2. The minimum absolute atomic E-state index is 0.810. The normalized spacial score (nSPS) is 18.8. The molecule has 1 saturated heterocycles. The van der Waals surface area contributed by atoms with Gasteiger partial charge in [-0.15, -0.1) is 0 Å². The minimum atomic E-state index is 0.810. The summed E-state index contributed by atoms with van der Waals surface area (Å²) in [5.74, 6) is 2.58. The fourth-order valence-electron chi connectivity index (χ4n) is 1.01. The first-order valence-corrected chi connectivity index (χ1v) is 5.59. The number of nitrogens with zero attached hydrogens (tertiary/aromatic N) is 1. The molecule has 0 spiro atoms. The van der Waals surface area contributed by atoms with Crippen LogP contribution in [0.2, 0.25) is 0 Å². The third kappa shape index (κ3) is 5.53. The van der Waals surface area contributed by atoms with Crippen LogP contribution in [0.25, 0.3) is 0 Å². The van der Waals surface area contributed by atoms with Crippen LogP contribution < -0.4 is 5.73 Å². The third-order valence-electron chi connectivity index (χ3n) is 1.55. The van der Waals surface area contributed by atoms with Gasteiger partial charge in [0.25, 0.3) is 0 Å². The van der Waals surface area contributed by atoms with Crippen molar-refractivity contribution in [3.63, 3.8) is 0 Å². The van der Waals surface area contributed by atoms with Crippen LogP contribution in [0.4, 0.5) is 0 Å². The van der Waals surface area contributed by atoms with E-state index in [0.717, 1.165) is 13.1 Å². The molecule has 1 fully saturated rings. The molecule has 0 saturated carbocycles. The Morgan fingerprint density at radius 2 is 1.82 bits per heavy atom.